The lowest BCUT2D eigenvalue weighted by molar-refractivity contribution is 0.0144. The summed E-state index contributed by atoms with van der Waals surface area (Å²) in [6.45, 7) is 4.03. The minimum Gasteiger partial charge on any atom is -0.390 e. The molecular formula is C7H14O2. The summed E-state index contributed by atoms with van der Waals surface area (Å²) in [4.78, 5) is 0. The topological polar surface area (TPSA) is 29.5 Å². The number of ether oxygens (including phenoxy) is 1. The quantitative estimate of drug-likeness (QED) is 0.572. The van der Waals surface area contributed by atoms with E-state index in [0.717, 1.165) is 12.8 Å². The normalized spacial score (nSPS) is 43.7. The average molecular weight is 130 g/mol. The molecule has 9 heavy (non-hydrogen) atoms. The van der Waals surface area contributed by atoms with Gasteiger partial charge in [-0.05, 0) is 13.3 Å². The third-order valence-corrected chi connectivity index (χ3v) is 1.81. The molecule has 54 valence electrons. The first kappa shape index (κ1) is 7.03. The van der Waals surface area contributed by atoms with Crippen LogP contribution < -0.4 is 0 Å². The van der Waals surface area contributed by atoms with Crippen molar-refractivity contribution in [1.82, 2.24) is 0 Å². The van der Waals surface area contributed by atoms with Gasteiger partial charge in [-0.3, -0.25) is 0 Å². The summed E-state index contributed by atoms with van der Waals surface area (Å²) in [6.07, 6.45) is 1.86. The summed E-state index contributed by atoms with van der Waals surface area (Å²) < 4.78 is 5.37. The SMILES string of the molecule is CC[C@H]1O[C@H](C)C[C@@H]1O. The highest BCUT2D eigenvalue weighted by atomic mass is 16.5. The number of hydrogen-bond donors (Lipinski definition) is 1. The van der Waals surface area contributed by atoms with E-state index in [-0.39, 0.29) is 18.3 Å². The fourth-order valence-electron chi connectivity index (χ4n) is 1.30. The van der Waals surface area contributed by atoms with Gasteiger partial charge in [-0.2, -0.15) is 0 Å². The Morgan fingerprint density at radius 1 is 1.67 bits per heavy atom. The van der Waals surface area contributed by atoms with Crippen molar-refractivity contribution in [2.75, 3.05) is 0 Å². The maximum absolute atomic E-state index is 9.23. The fraction of sp³-hybridized carbons (Fsp3) is 1.00. The van der Waals surface area contributed by atoms with Crippen molar-refractivity contribution in [3.63, 3.8) is 0 Å². The molecule has 1 rings (SSSR count). The van der Waals surface area contributed by atoms with Crippen LogP contribution in [0.5, 0.6) is 0 Å². The van der Waals surface area contributed by atoms with E-state index in [0.29, 0.717) is 0 Å². The Hall–Kier alpha value is -0.0800. The van der Waals surface area contributed by atoms with E-state index in [1.54, 1.807) is 0 Å². The fourth-order valence-corrected chi connectivity index (χ4v) is 1.30. The van der Waals surface area contributed by atoms with Gasteiger partial charge in [0.2, 0.25) is 0 Å². The Morgan fingerprint density at radius 3 is 2.56 bits per heavy atom. The second kappa shape index (κ2) is 2.67. The molecule has 0 bridgehead atoms. The van der Waals surface area contributed by atoms with Crippen molar-refractivity contribution in [2.24, 2.45) is 0 Å². The molecule has 0 radical (unpaired) electrons. The maximum Gasteiger partial charge on any atom is 0.0835 e. The predicted molar refractivity (Wildman–Crippen MR) is 35.2 cm³/mol. The number of hydrogen-bond acceptors (Lipinski definition) is 2. The second-order valence-electron chi connectivity index (χ2n) is 2.70. The van der Waals surface area contributed by atoms with Crippen molar-refractivity contribution in [3.05, 3.63) is 0 Å². The third-order valence-electron chi connectivity index (χ3n) is 1.81. The van der Waals surface area contributed by atoms with Crippen LogP contribution in [0.15, 0.2) is 0 Å². The van der Waals surface area contributed by atoms with Crippen LogP contribution in [0.25, 0.3) is 0 Å². The molecule has 2 nitrogen and oxygen atoms in total. The lowest BCUT2D eigenvalue weighted by Gasteiger charge is -2.09. The van der Waals surface area contributed by atoms with Crippen LogP contribution in [0.1, 0.15) is 26.7 Å². The lowest BCUT2D eigenvalue weighted by atomic mass is 10.1. The van der Waals surface area contributed by atoms with Gasteiger partial charge >= 0.3 is 0 Å². The van der Waals surface area contributed by atoms with Crippen molar-refractivity contribution >= 4 is 0 Å². The zero-order valence-electron chi connectivity index (χ0n) is 6.00. The Balaban J connectivity index is 2.38. The minimum absolute atomic E-state index is 0.0972. The Bertz CT molecular complexity index is 92.9. The minimum atomic E-state index is -0.218. The standard InChI is InChI=1S/C7H14O2/c1-3-7-6(8)4-5(2)9-7/h5-8H,3-4H2,1-2H3/t5-,6+,7-/m1/s1. The average Bonchev–Trinajstić information content (AvgIpc) is 2.10. The molecular weight excluding hydrogens is 116 g/mol. The summed E-state index contributed by atoms with van der Waals surface area (Å²) in [5, 5.41) is 9.23. The maximum atomic E-state index is 9.23. The first-order valence-electron chi connectivity index (χ1n) is 3.57. The van der Waals surface area contributed by atoms with Crippen molar-refractivity contribution in [3.8, 4) is 0 Å². The van der Waals surface area contributed by atoms with Crippen LogP contribution in [0, 0.1) is 0 Å². The molecule has 1 aliphatic heterocycles. The molecule has 1 aliphatic rings. The Morgan fingerprint density at radius 2 is 2.33 bits per heavy atom. The van der Waals surface area contributed by atoms with Gasteiger partial charge in [-0.1, -0.05) is 6.92 Å². The van der Waals surface area contributed by atoms with E-state index in [9.17, 15) is 5.11 Å². The van der Waals surface area contributed by atoms with Gasteiger partial charge in [0.25, 0.3) is 0 Å². The van der Waals surface area contributed by atoms with Gasteiger partial charge in [0.05, 0.1) is 18.3 Å². The van der Waals surface area contributed by atoms with Gasteiger partial charge in [-0.25, -0.2) is 0 Å². The monoisotopic (exact) mass is 130 g/mol. The van der Waals surface area contributed by atoms with Gasteiger partial charge in [-0.15, -0.1) is 0 Å². The third kappa shape index (κ3) is 1.43. The number of rotatable bonds is 1. The second-order valence-corrected chi connectivity index (χ2v) is 2.70. The molecule has 3 atom stereocenters. The summed E-state index contributed by atoms with van der Waals surface area (Å²) in [6, 6.07) is 0. The van der Waals surface area contributed by atoms with Crippen molar-refractivity contribution in [1.29, 1.82) is 0 Å². The van der Waals surface area contributed by atoms with Crippen LogP contribution in [0.4, 0.5) is 0 Å². The number of aliphatic hydroxyl groups is 1. The molecule has 0 spiro atoms. The molecule has 0 aromatic carbocycles. The van der Waals surface area contributed by atoms with E-state index < -0.39 is 0 Å². The number of aliphatic hydroxyl groups excluding tert-OH is 1. The molecule has 0 aliphatic carbocycles. The Labute approximate surface area is 55.8 Å². The Kier molecular flexibility index (Phi) is 2.09. The van der Waals surface area contributed by atoms with Crippen LogP contribution in [0.3, 0.4) is 0 Å². The van der Waals surface area contributed by atoms with Crippen LogP contribution in [0.2, 0.25) is 0 Å². The molecule has 1 fully saturated rings. The lowest BCUT2D eigenvalue weighted by Crippen LogP contribution is -2.18. The van der Waals surface area contributed by atoms with E-state index in [1.807, 2.05) is 13.8 Å². The first-order chi connectivity index (χ1) is 4.24. The van der Waals surface area contributed by atoms with E-state index >= 15 is 0 Å². The zero-order valence-corrected chi connectivity index (χ0v) is 6.00. The van der Waals surface area contributed by atoms with E-state index in [4.69, 9.17) is 4.74 Å². The van der Waals surface area contributed by atoms with Crippen molar-refractivity contribution in [2.45, 2.75) is 45.0 Å². The first-order valence-corrected chi connectivity index (χ1v) is 3.57. The molecule has 0 saturated carbocycles. The molecule has 1 N–H and O–H groups in total. The molecule has 1 saturated heterocycles. The van der Waals surface area contributed by atoms with Crippen LogP contribution in [-0.4, -0.2) is 23.4 Å². The summed E-state index contributed by atoms with van der Waals surface area (Å²) in [5.41, 5.74) is 0. The molecule has 1 heterocycles. The highest BCUT2D eigenvalue weighted by Gasteiger charge is 2.29. The van der Waals surface area contributed by atoms with Gasteiger partial charge in [0, 0.05) is 6.42 Å². The highest BCUT2D eigenvalue weighted by Crippen LogP contribution is 2.21. The molecule has 0 aromatic rings. The summed E-state index contributed by atoms with van der Waals surface area (Å²) in [7, 11) is 0. The largest absolute Gasteiger partial charge is 0.390 e. The van der Waals surface area contributed by atoms with Crippen LogP contribution >= 0.6 is 0 Å². The highest BCUT2D eigenvalue weighted by molar-refractivity contribution is 4.78. The van der Waals surface area contributed by atoms with Gasteiger partial charge < -0.3 is 9.84 Å². The van der Waals surface area contributed by atoms with E-state index in [2.05, 4.69) is 0 Å². The predicted octanol–water partition coefficient (Wildman–Crippen LogP) is 0.935. The van der Waals surface area contributed by atoms with Gasteiger partial charge in [0.15, 0.2) is 0 Å². The molecule has 0 amide bonds. The molecule has 2 heteroatoms. The summed E-state index contributed by atoms with van der Waals surface area (Å²) in [5.74, 6) is 0. The van der Waals surface area contributed by atoms with E-state index in [1.165, 1.54) is 0 Å². The van der Waals surface area contributed by atoms with Crippen LogP contribution in [-0.2, 0) is 4.74 Å². The van der Waals surface area contributed by atoms with Crippen molar-refractivity contribution < 1.29 is 9.84 Å². The summed E-state index contributed by atoms with van der Waals surface area (Å²) >= 11 is 0. The molecule has 0 unspecified atom stereocenters. The zero-order chi connectivity index (χ0) is 6.85. The van der Waals surface area contributed by atoms with Gasteiger partial charge in [0.1, 0.15) is 0 Å². The smallest absolute Gasteiger partial charge is 0.0835 e. The molecule has 0 aromatic heterocycles.